The van der Waals surface area contributed by atoms with Crippen molar-refractivity contribution in [3.05, 3.63) is 132 Å². The van der Waals surface area contributed by atoms with Gasteiger partial charge < -0.3 is 40.9 Å². The molecular weight excluding hydrogens is 805 g/mol. The summed E-state index contributed by atoms with van der Waals surface area (Å²) in [5, 5.41) is 13.2. The van der Waals surface area contributed by atoms with Crippen molar-refractivity contribution in [1.82, 2.24) is 55.7 Å². The van der Waals surface area contributed by atoms with E-state index in [1.54, 1.807) is 30.9 Å². The minimum atomic E-state index is -0.291. The van der Waals surface area contributed by atoms with Crippen LogP contribution in [0.4, 0.5) is 23.3 Å². The Kier molecular flexibility index (Phi) is 15.2. The first-order valence-corrected chi connectivity index (χ1v) is 21.9. The number of fused-ring (bicyclic) bond motifs is 1. The largest absolute Gasteiger partial charge is 0.367 e. The van der Waals surface area contributed by atoms with E-state index in [4.69, 9.17) is 4.98 Å². The predicted octanol–water partition coefficient (Wildman–Crippen LogP) is 4.89. The van der Waals surface area contributed by atoms with Crippen molar-refractivity contribution in [3.8, 4) is 0 Å². The fourth-order valence-corrected chi connectivity index (χ4v) is 7.70. The lowest BCUT2D eigenvalue weighted by Gasteiger charge is -2.32. The van der Waals surface area contributed by atoms with Crippen LogP contribution in [0.15, 0.2) is 108 Å². The highest BCUT2D eigenvalue weighted by Crippen LogP contribution is 2.28. The van der Waals surface area contributed by atoms with E-state index >= 15 is 0 Å². The van der Waals surface area contributed by atoms with Crippen LogP contribution < -0.4 is 36.0 Å². The lowest BCUT2D eigenvalue weighted by atomic mass is 10.2. The quantitative estimate of drug-likeness (QED) is 0.105. The molecule has 0 aliphatic carbocycles. The number of aryl methyl sites for hydroxylation is 1. The molecule has 17 heteroatoms. The van der Waals surface area contributed by atoms with Gasteiger partial charge in [0, 0.05) is 102 Å². The van der Waals surface area contributed by atoms with Crippen LogP contribution in [0.2, 0.25) is 0 Å². The molecule has 0 bridgehead atoms. The summed E-state index contributed by atoms with van der Waals surface area (Å²) < 4.78 is 0. The highest BCUT2D eigenvalue weighted by molar-refractivity contribution is 6.04. The topological polar surface area (TPSA) is 181 Å². The van der Waals surface area contributed by atoms with E-state index in [2.05, 4.69) is 117 Å². The summed E-state index contributed by atoms with van der Waals surface area (Å²) in [6, 6.07) is 5.43. The molecule has 17 nitrogen and oxygen atoms in total. The van der Waals surface area contributed by atoms with E-state index in [1.165, 1.54) is 5.57 Å². The molecular formula is C47H60N16O. The normalized spacial score (nSPS) is 16.8. The van der Waals surface area contributed by atoms with Crippen LogP contribution in [-0.4, -0.2) is 117 Å². The second kappa shape index (κ2) is 21.5. The number of pyridine rings is 1. The van der Waals surface area contributed by atoms with Gasteiger partial charge in [0.05, 0.1) is 64.8 Å². The fraction of sp³-hybridized carbons (Fsp3) is 0.383. The lowest BCUT2D eigenvalue weighted by molar-refractivity contribution is 0.102. The van der Waals surface area contributed by atoms with Crippen LogP contribution >= 0.6 is 0 Å². The summed E-state index contributed by atoms with van der Waals surface area (Å²) in [5.41, 5.74) is 9.82. The number of carbonyl (C=O) groups is 1. The molecule has 4 aliphatic heterocycles. The van der Waals surface area contributed by atoms with Gasteiger partial charge in [0.25, 0.3) is 5.91 Å². The number of allylic oxidation sites excluding steroid dienone is 3. The number of piperazine rings is 2. The zero-order valence-corrected chi connectivity index (χ0v) is 37.7. The summed E-state index contributed by atoms with van der Waals surface area (Å²) in [7, 11) is 0. The molecule has 1 amide bonds. The zero-order valence-electron chi connectivity index (χ0n) is 37.7. The molecule has 4 aromatic rings. The molecule has 4 aromatic heterocycles. The van der Waals surface area contributed by atoms with Gasteiger partial charge in [-0.3, -0.25) is 14.8 Å². The molecule has 4 aliphatic rings. The number of carbonyl (C=O) groups excluding carboxylic acids is 1. The molecule has 0 radical (unpaired) electrons. The Bertz CT molecular complexity index is 2430. The second-order valence-corrected chi connectivity index (χ2v) is 16.3. The average molecular weight is 865 g/mol. The third-order valence-corrected chi connectivity index (χ3v) is 11.0. The maximum Gasteiger partial charge on any atom is 0.274 e. The van der Waals surface area contributed by atoms with E-state index < -0.39 is 0 Å². The van der Waals surface area contributed by atoms with Gasteiger partial charge in [0.2, 0.25) is 11.9 Å². The third-order valence-electron chi connectivity index (χ3n) is 11.0. The minimum Gasteiger partial charge on any atom is -0.367 e. The fourth-order valence-electron chi connectivity index (χ4n) is 7.70. The smallest absolute Gasteiger partial charge is 0.274 e. The number of rotatable bonds is 13. The second-order valence-electron chi connectivity index (χ2n) is 16.3. The van der Waals surface area contributed by atoms with Crippen LogP contribution in [0.3, 0.4) is 0 Å². The molecule has 64 heavy (non-hydrogen) atoms. The van der Waals surface area contributed by atoms with Crippen LogP contribution in [0.1, 0.15) is 61.0 Å². The van der Waals surface area contributed by atoms with E-state index in [0.717, 1.165) is 104 Å². The molecule has 334 valence electrons. The van der Waals surface area contributed by atoms with Crippen LogP contribution in [0.25, 0.3) is 5.70 Å². The minimum absolute atomic E-state index is 0.291. The Labute approximate surface area is 376 Å². The first-order valence-electron chi connectivity index (χ1n) is 21.9. The lowest BCUT2D eigenvalue weighted by Crippen LogP contribution is -2.43. The number of aromatic nitrogens is 7. The zero-order chi connectivity index (χ0) is 45.0. The Morgan fingerprint density at radius 1 is 0.828 bits per heavy atom. The number of hydrogen-bond acceptors (Lipinski definition) is 16. The molecule has 0 unspecified atom stereocenters. The summed E-state index contributed by atoms with van der Waals surface area (Å²) in [6.45, 7) is 28.7. The van der Waals surface area contributed by atoms with Gasteiger partial charge in [-0.2, -0.15) is 0 Å². The van der Waals surface area contributed by atoms with E-state index in [1.807, 2.05) is 49.4 Å². The van der Waals surface area contributed by atoms with Crippen LogP contribution in [0, 0.1) is 12.8 Å². The van der Waals surface area contributed by atoms with Gasteiger partial charge in [0.15, 0.2) is 0 Å². The molecule has 4 N–H and O–H groups in total. The van der Waals surface area contributed by atoms with Crippen LogP contribution in [-0.2, 0) is 13.1 Å². The number of nitrogens with zero attached hydrogens (tertiary/aromatic N) is 12. The SMILES string of the molecule is C=C/C(NC(=C)c1ccnc(N2CC(C)=C(N=CC(C)C)C2)n1)=C(\C=C/C)N1CCNCC1.Cc1ncc2c(n1)CN(c1nccc(C(=O)Nc3cnccc3N3CCNCC3)n1)C2. The maximum atomic E-state index is 13.0. The Hall–Kier alpha value is -6.85. The molecule has 8 rings (SSSR count). The number of anilines is 4. The van der Waals surface area contributed by atoms with E-state index in [-0.39, 0.29) is 5.91 Å². The molecule has 0 atom stereocenters. The Morgan fingerprint density at radius 2 is 1.52 bits per heavy atom. The van der Waals surface area contributed by atoms with Crippen molar-refractivity contribution < 1.29 is 4.79 Å². The monoisotopic (exact) mass is 865 g/mol. The van der Waals surface area contributed by atoms with Crippen molar-refractivity contribution >= 4 is 41.1 Å². The molecule has 8 heterocycles. The molecule has 2 fully saturated rings. The summed E-state index contributed by atoms with van der Waals surface area (Å²) in [6.07, 6.45) is 16.7. The summed E-state index contributed by atoms with van der Waals surface area (Å²) >= 11 is 0. The van der Waals surface area contributed by atoms with Gasteiger partial charge >= 0.3 is 0 Å². The van der Waals surface area contributed by atoms with Crippen LogP contribution in [0.5, 0.6) is 0 Å². The van der Waals surface area contributed by atoms with Gasteiger partial charge in [-0.1, -0.05) is 33.1 Å². The Morgan fingerprint density at radius 3 is 2.22 bits per heavy atom. The first kappa shape index (κ1) is 45.2. The van der Waals surface area contributed by atoms with Gasteiger partial charge in [-0.15, -0.1) is 0 Å². The molecule has 2 saturated heterocycles. The average Bonchev–Trinajstić information content (AvgIpc) is 3.93. The third kappa shape index (κ3) is 11.4. The van der Waals surface area contributed by atoms with Gasteiger partial charge in [-0.05, 0) is 62.6 Å². The number of nitrogens with one attached hydrogen (secondary N) is 4. The van der Waals surface area contributed by atoms with Crippen molar-refractivity contribution in [1.29, 1.82) is 0 Å². The molecule has 0 saturated carbocycles. The maximum absolute atomic E-state index is 13.0. The Balaban J connectivity index is 0.000000192. The van der Waals surface area contributed by atoms with Gasteiger partial charge in [-0.25, -0.2) is 29.9 Å². The summed E-state index contributed by atoms with van der Waals surface area (Å²) in [4.78, 5) is 57.5. The molecule has 0 spiro atoms. The van der Waals surface area contributed by atoms with E-state index in [0.29, 0.717) is 54.5 Å². The number of aliphatic imine (C=N–C) groups is 1. The van der Waals surface area contributed by atoms with E-state index in [9.17, 15) is 4.79 Å². The van der Waals surface area contributed by atoms with Crippen molar-refractivity contribution in [2.75, 3.05) is 85.5 Å². The van der Waals surface area contributed by atoms with Crippen molar-refractivity contribution in [3.63, 3.8) is 0 Å². The predicted molar refractivity (Wildman–Crippen MR) is 255 cm³/mol. The first-order chi connectivity index (χ1) is 31.1. The number of amides is 1. The number of hydrogen-bond donors (Lipinski definition) is 4. The van der Waals surface area contributed by atoms with Crippen molar-refractivity contribution in [2.24, 2.45) is 10.9 Å². The highest BCUT2D eigenvalue weighted by atomic mass is 16.1. The standard InChI is InChI=1S/C26H37N7.C21H23N9O/c1-7-9-25(32-14-12-27-13-15-32)22(8-2)30-21(6)23-10-11-28-26(31-23)33-17-20(5)24(18-33)29-16-19(3)4;1-14-25-10-15-12-30(13-18(15)26-14)21-24-5-2-16(28-21)20(31)27-17-11-23-4-3-19(17)29-8-6-22-7-9-29/h7-11,16,19,27,30H,2,6,12-15,17-18H2,1,3-5H3;2-5,10-11,22H,6-9,12-13H2,1H3,(H,27,31)/b9-7-,25-22-,29-16?;. The molecule has 0 aromatic carbocycles. The van der Waals surface area contributed by atoms with Crippen molar-refractivity contribution in [2.45, 2.75) is 47.7 Å². The highest BCUT2D eigenvalue weighted by Gasteiger charge is 2.25. The summed E-state index contributed by atoms with van der Waals surface area (Å²) in [5.74, 6) is 2.06. The van der Waals surface area contributed by atoms with Gasteiger partial charge in [0.1, 0.15) is 11.5 Å².